The molecule has 1 aromatic carbocycles. The Morgan fingerprint density at radius 1 is 1.19 bits per heavy atom. The summed E-state index contributed by atoms with van der Waals surface area (Å²) in [5.74, 6) is 0.985. The molecule has 0 spiro atoms. The Bertz CT molecular complexity index is 1090. The average molecular weight is 423 g/mol. The maximum atomic E-state index is 13.5. The second-order valence-corrected chi connectivity index (χ2v) is 8.11. The van der Waals surface area contributed by atoms with Crippen molar-refractivity contribution in [3.63, 3.8) is 0 Å². The Kier molecular flexibility index (Phi) is 5.71. The molecule has 1 fully saturated rings. The first-order valence-electron chi connectivity index (χ1n) is 10.4. The van der Waals surface area contributed by atoms with Crippen LogP contribution in [0.5, 0.6) is 0 Å². The Morgan fingerprint density at radius 3 is 2.58 bits per heavy atom. The largest absolute Gasteiger partial charge is 0.436 e. The van der Waals surface area contributed by atoms with E-state index in [-0.39, 0.29) is 17.6 Å². The third-order valence-corrected chi connectivity index (χ3v) is 5.55. The predicted octanol–water partition coefficient (Wildman–Crippen LogP) is 3.97. The van der Waals surface area contributed by atoms with Gasteiger partial charge in [-0.1, -0.05) is 12.1 Å². The molecule has 1 amide bonds. The fraction of sp³-hybridized carbons (Fsp3) is 0.391. The minimum Gasteiger partial charge on any atom is -0.436 e. The van der Waals surface area contributed by atoms with Gasteiger partial charge in [0, 0.05) is 51.8 Å². The second kappa shape index (κ2) is 8.45. The summed E-state index contributed by atoms with van der Waals surface area (Å²) < 4.78 is 19.0. The number of carbonyl (C=O) groups excluding carboxylic acids is 1. The highest BCUT2D eigenvalue weighted by atomic mass is 19.1. The van der Waals surface area contributed by atoms with Crippen molar-refractivity contribution in [1.29, 1.82) is 0 Å². The molecule has 0 bridgehead atoms. The van der Waals surface area contributed by atoms with Gasteiger partial charge >= 0.3 is 0 Å². The molecule has 0 unspecified atom stereocenters. The molecule has 1 aliphatic heterocycles. The molecule has 1 atom stereocenters. The van der Waals surface area contributed by atoms with Crippen LogP contribution in [0.4, 0.5) is 10.3 Å². The minimum atomic E-state index is -0.289. The fourth-order valence-corrected chi connectivity index (χ4v) is 4.02. The zero-order valence-electron chi connectivity index (χ0n) is 18.2. The topological polar surface area (TPSA) is 75.4 Å². The summed E-state index contributed by atoms with van der Waals surface area (Å²) >= 11 is 0. The van der Waals surface area contributed by atoms with Gasteiger partial charge in [0.25, 0.3) is 5.91 Å². The standard InChI is InChI=1S/C23H26FN5O2/c1-14-21(31-15(2)26-14)22(30)29-11-5-6-17(13-29)20-19(12-25-23(27-20)28(3)4)16-7-9-18(24)10-8-16/h7-10,12,17H,5-6,11,13H2,1-4H3/t17-/m0/s1. The van der Waals surface area contributed by atoms with Crippen LogP contribution in [0.15, 0.2) is 34.9 Å². The number of benzene rings is 1. The molecule has 0 saturated carbocycles. The van der Waals surface area contributed by atoms with Crippen molar-refractivity contribution in [2.24, 2.45) is 0 Å². The molecule has 0 radical (unpaired) electrons. The van der Waals surface area contributed by atoms with Crippen molar-refractivity contribution < 1.29 is 13.6 Å². The first-order valence-corrected chi connectivity index (χ1v) is 10.4. The maximum Gasteiger partial charge on any atom is 0.291 e. The fourth-order valence-electron chi connectivity index (χ4n) is 4.02. The van der Waals surface area contributed by atoms with Crippen molar-refractivity contribution in [1.82, 2.24) is 19.9 Å². The molecule has 1 aliphatic rings. The van der Waals surface area contributed by atoms with Crippen molar-refractivity contribution in [3.8, 4) is 11.1 Å². The number of nitrogens with zero attached hydrogens (tertiary/aromatic N) is 5. The van der Waals surface area contributed by atoms with Gasteiger partial charge in [-0.3, -0.25) is 4.79 Å². The van der Waals surface area contributed by atoms with E-state index in [2.05, 4.69) is 9.97 Å². The van der Waals surface area contributed by atoms with Crippen LogP contribution in [-0.2, 0) is 0 Å². The van der Waals surface area contributed by atoms with Crippen LogP contribution in [0, 0.1) is 19.7 Å². The van der Waals surface area contributed by atoms with Gasteiger partial charge < -0.3 is 14.2 Å². The zero-order valence-corrected chi connectivity index (χ0v) is 18.2. The maximum absolute atomic E-state index is 13.5. The van der Waals surface area contributed by atoms with Crippen molar-refractivity contribution in [3.05, 3.63) is 59.3 Å². The second-order valence-electron chi connectivity index (χ2n) is 8.11. The number of aryl methyl sites for hydroxylation is 2. The first-order chi connectivity index (χ1) is 14.8. The summed E-state index contributed by atoms with van der Waals surface area (Å²) in [4.78, 5) is 30.3. The number of carbonyl (C=O) groups is 1. The summed E-state index contributed by atoms with van der Waals surface area (Å²) in [6, 6.07) is 6.34. The Hall–Kier alpha value is -3.29. The molecule has 8 heteroatoms. The monoisotopic (exact) mass is 423 g/mol. The number of likely N-dealkylation sites (tertiary alicyclic amines) is 1. The Balaban J connectivity index is 1.68. The lowest BCUT2D eigenvalue weighted by Crippen LogP contribution is -2.39. The molecule has 3 aromatic rings. The van der Waals surface area contributed by atoms with Crippen LogP contribution in [0.2, 0.25) is 0 Å². The lowest BCUT2D eigenvalue weighted by molar-refractivity contribution is 0.0671. The number of hydrogen-bond acceptors (Lipinski definition) is 6. The molecule has 162 valence electrons. The van der Waals surface area contributed by atoms with Crippen LogP contribution in [0.25, 0.3) is 11.1 Å². The van der Waals surface area contributed by atoms with E-state index in [0.29, 0.717) is 36.4 Å². The lowest BCUT2D eigenvalue weighted by Gasteiger charge is -2.33. The van der Waals surface area contributed by atoms with E-state index in [1.54, 1.807) is 32.2 Å². The first kappa shape index (κ1) is 21.0. The summed E-state index contributed by atoms with van der Waals surface area (Å²) in [6.07, 6.45) is 3.54. The number of anilines is 1. The van der Waals surface area contributed by atoms with Gasteiger partial charge in [-0.15, -0.1) is 0 Å². The SMILES string of the molecule is Cc1nc(C)c(C(=O)N2CCC[C@H](c3nc(N(C)C)ncc3-c3ccc(F)cc3)C2)o1. The van der Waals surface area contributed by atoms with Gasteiger partial charge in [0.05, 0.1) is 11.4 Å². The summed E-state index contributed by atoms with van der Waals surface area (Å²) in [6.45, 7) is 4.70. The third kappa shape index (κ3) is 4.28. The number of piperidine rings is 1. The summed E-state index contributed by atoms with van der Waals surface area (Å²) in [5.41, 5.74) is 3.19. The van der Waals surface area contributed by atoms with E-state index >= 15 is 0 Å². The normalized spacial score (nSPS) is 16.4. The number of halogens is 1. The zero-order chi connectivity index (χ0) is 22.1. The van der Waals surface area contributed by atoms with Gasteiger partial charge in [-0.2, -0.15) is 0 Å². The van der Waals surface area contributed by atoms with Gasteiger partial charge in [-0.25, -0.2) is 19.3 Å². The molecule has 1 saturated heterocycles. The minimum absolute atomic E-state index is 0.0313. The van der Waals surface area contributed by atoms with E-state index in [9.17, 15) is 9.18 Å². The molecule has 7 nitrogen and oxygen atoms in total. The van der Waals surface area contributed by atoms with Crippen LogP contribution < -0.4 is 4.90 Å². The van der Waals surface area contributed by atoms with E-state index < -0.39 is 0 Å². The van der Waals surface area contributed by atoms with Gasteiger partial charge in [-0.05, 0) is 37.5 Å². The molecule has 0 aliphatic carbocycles. The smallest absolute Gasteiger partial charge is 0.291 e. The summed E-state index contributed by atoms with van der Waals surface area (Å²) in [7, 11) is 3.78. The van der Waals surface area contributed by atoms with Gasteiger partial charge in [0.1, 0.15) is 5.82 Å². The number of aromatic nitrogens is 3. The molecule has 31 heavy (non-hydrogen) atoms. The van der Waals surface area contributed by atoms with E-state index in [1.807, 2.05) is 23.9 Å². The number of hydrogen-bond donors (Lipinski definition) is 0. The van der Waals surface area contributed by atoms with Crippen molar-refractivity contribution in [2.45, 2.75) is 32.6 Å². The van der Waals surface area contributed by atoms with Crippen LogP contribution >= 0.6 is 0 Å². The highest BCUT2D eigenvalue weighted by Crippen LogP contribution is 2.34. The Labute approximate surface area is 180 Å². The van der Waals surface area contributed by atoms with Crippen molar-refractivity contribution in [2.75, 3.05) is 32.1 Å². The number of rotatable bonds is 4. The number of amides is 1. The third-order valence-electron chi connectivity index (χ3n) is 5.55. The molecule has 3 heterocycles. The molecule has 2 aromatic heterocycles. The Morgan fingerprint density at radius 2 is 1.94 bits per heavy atom. The van der Waals surface area contributed by atoms with E-state index in [0.717, 1.165) is 29.7 Å². The number of oxazole rings is 1. The van der Waals surface area contributed by atoms with Gasteiger partial charge in [0.2, 0.25) is 11.7 Å². The molecular formula is C23H26FN5O2. The summed E-state index contributed by atoms with van der Waals surface area (Å²) in [5, 5.41) is 0. The molecule has 4 rings (SSSR count). The van der Waals surface area contributed by atoms with Crippen LogP contribution in [0.3, 0.4) is 0 Å². The predicted molar refractivity (Wildman–Crippen MR) is 116 cm³/mol. The van der Waals surface area contributed by atoms with Crippen LogP contribution in [-0.4, -0.2) is 52.9 Å². The highest BCUT2D eigenvalue weighted by molar-refractivity contribution is 5.92. The average Bonchev–Trinajstić information content (AvgIpc) is 3.11. The van der Waals surface area contributed by atoms with Crippen LogP contribution in [0.1, 0.15) is 46.6 Å². The quantitative estimate of drug-likeness (QED) is 0.632. The van der Waals surface area contributed by atoms with E-state index in [1.165, 1.54) is 12.1 Å². The molecular weight excluding hydrogens is 397 g/mol. The molecule has 0 N–H and O–H groups in total. The van der Waals surface area contributed by atoms with E-state index in [4.69, 9.17) is 9.40 Å². The highest BCUT2D eigenvalue weighted by Gasteiger charge is 2.31. The van der Waals surface area contributed by atoms with Gasteiger partial charge in [0.15, 0.2) is 5.89 Å². The lowest BCUT2D eigenvalue weighted by atomic mass is 9.89. The van der Waals surface area contributed by atoms with Crippen molar-refractivity contribution >= 4 is 11.9 Å².